The van der Waals surface area contributed by atoms with E-state index in [4.69, 9.17) is 0 Å². The van der Waals surface area contributed by atoms with Gasteiger partial charge in [0.1, 0.15) is 0 Å². The third-order valence-corrected chi connectivity index (χ3v) is 8.43. The van der Waals surface area contributed by atoms with Gasteiger partial charge in [0, 0.05) is 0 Å². The van der Waals surface area contributed by atoms with Gasteiger partial charge in [0.25, 0.3) is 0 Å². The Morgan fingerprint density at radius 3 is 1.76 bits per heavy atom. The van der Waals surface area contributed by atoms with Crippen molar-refractivity contribution in [2.45, 2.75) is 45.7 Å². The van der Waals surface area contributed by atoms with Crippen LogP contribution in [-0.2, 0) is 19.9 Å². The summed E-state index contributed by atoms with van der Waals surface area (Å²) in [5, 5.41) is 3.15. The largest absolute Gasteiger partial charge is 0.147 e. The molecule has 100 valence electrons. The number of rotatable bonds is 3. The van der Waals surface area contributed by atoms with Crippen molar-refractivity contribution in [3.05, 3.63) is 20.8 Å². The first-order valence-corrected chi connectivity index (χ1v) is 13.7. The molecular weight excluding hydrogens is 326 g/mol. The minimum absolute atomic E-state index is 0. The van der Waals surface area contributed by atoms with Crippen LogP contribution in [0.15, 0.2) is 20.8 Å². The number of hydrogen-bond acceptors (Lipinski definition) is 1. The Morgan fingerprint density at radius 2 is 1.47 bits per heavy atom. The predicted molar refractivity (Wildman–Crippen MR) is 81.6 cm³/mol. The van der Waals surface area contributed by atoms with Crippen molar-refractivity contribution in [1.29, 1.82) is 0 Å². The minimum Gasteiger partial charge on any atom is -0.147 e. The molecule has 0 unspecified atom stereocenters. The maximum atomic E-state index is 11.3. The van der Waals surface area contributed by atoms with E-state index in [-0.39, 0.29) is 24.8 Å². The molecule has 0 N–H and O–H groups in total. The molecule has 0 fully saturated rings. The molecule has 0 atom stereocenters. The predicted octanol–water partition coefficient (Wildman–Crippen LogP) is 4.60. The Kier molecular flexibility index (Phi) is 8.17. The van der Waals surface area contributed by atoms with E-state index in [1.54, 1.807) is 10.4 Å². The Hall–Kier alpha value is 0.878. The van der Waals surface area contributed by atoms with E-state index >= 15 is 0 Å². The molecule has 0 amide bonds. The Bertz CT molecular complexity index is 351. The number of halogens is 2. The van der Waals surface area contributed by atoms with Crippen molar-refractivity contribution < 1.29 is 19.9 Å². The summed E-state index contributed by atoms with van der Waals surface area (Å²) in [5.41, 5.74) is 0. The number of allylic oxidation sites excluding steroid dienone is 4. The van der Waals surface area contributed by atoms with Gasteiger partial charge in [-0.2, -0.15) is 0 Å². The van der Waals surface area contributed by atoms with Crippen LogP contribution in [0.1, 0.15) is 6.42 Å². The topological polar surface area (TPSA) is 17.1 Å². The molecule has 0 aromatic carbocycles. The monoisotopic (exact) mass is 348 g/mol. The first kappa shape index (κ1) is 20.2. The molecule has 0 heterocycles. The van der Waals surface area contributed by atoms with Crippen molar-refractivity contribution in [3.63, 3.8) is 0 Å². The van der Waals surface area contributed by atoms with E-state index < -0.39 is 32.4 Å². The van der Waals surface area contributed by atoms with Gasteiger partial charge in [-0.15, -0.1) is 24.8 Å². The Labute approximate surface area is 127 Å². The molecule has 1 rings (SSSR count). The molecule has 1 nitrogen and oxygen atoms in total. The van der Waals surface area contributed by atoms with Gasteiger partial charge in [-0.1, -0.05) is 0 Å². The van der Waals surface area contributed by atoms with Crippen LogP contribution in [0.5, 0.6) is 0 Å². The van der Waals surface area contributed by atoms with Gasteiger partial charge in [0.15, 0.2) is 0 Å². The van der Waals surface area contributed by atoms with Crippen molar-refractivity contribution in [2.75, 3.05) is 0 Å². The zero-order valence-electron chi connectivity index (χ0n) is 11.5. The molecule has 1 aliphatic rings. The first-order valence-electron chi connectivity index (χ1n) is 5.46. The smallest absolute Gasteiger partial charge is 0.147 e. The number of hydrogen-bond donors (Lipinski definition) is 0. The zero-order chi connectivity index (χ0) is 11.9. The van der Waals surface area contributed by atoms with Crippen molar-refractivity contribution in [1.82, 2.24) is 0 Å². The van der Waals surface area contributed by atoms with Crippen LogP contribution < -0.4 is 0 Å². The summed E-state index contributed by atoms with van der Waals surface area (Å²) in [6.07, 6.45) is 3.34. The normalized spacial score (nSPS) is 16.0. The maximum Gasteiger partial charge on any atom is -0.147 e. The molecule has 0 saturated heterocycles. The van der Waals surface area contributed by atoms with E-state index in [1.807, 2.05) is 0 Å². The Morgan fingerprint density at radius 1 is 1.00 bits per heavy atom. The molecule has 17 heavy (non-hydrogen) atoms. The van der Waals surface area contributed by atoms with Crippen molar-refractivity contribution in [2.24, 2.45) is 0 Å². The summed E-state index contributed by atoms with van der Waals surface area (Å²) in [6.45, 7) is 14.3. The van der Waals surface area contributed by atoms with Crippen LogP contribution in [0.2, 0.25) is 39.3 Å². The quantitative estimate of drug-likeness (QED) is 0.681. The van der Waals surface area contributed by atoms with E-state index in [1.165, 1.54) is 4.28 Å². The van der Waals surface area contributed by atoms with Crippen molar-refractivity contribution in [3.8, 4) is 0 Å². The first-order chi connectivity index (χ1) is 6.68. The van der Waals surface area contributed by atoms with Crippen LogP contribution in [0.25, 0.3) is 0 Å². The van der Waals surface area contributed by atoms with Gasteiger partial charge in [-0.25, -0.2) is 0 Å². The van der Waals surface area contributed by atoms with Crippen LogP contribution in [-0.4, -0.2) is 16.1 Å². The standard InChI is InChI=1S/C11H21Si2.2ClH.O.V/c1-12(2,3)10-8-7-9-11(10)13(4,5)6;;;;/h8H,7H2,1-6H3;2*1H;;. The summed E-state index contributed by atoms with van der Waals surface area (Å²) in [6, 6.07) is 0. The van der Waals surface area contributed by atoms with E-state index in [9.17, 15) is 3.67 Å². The molecule has 1 aliphatic carbocycles. The van der Waals surface area contributed by atoms with E-state index in [0.29, 0.717) is 0 Å². The van der Waals surface area contributed by atoms with Gasteiger partial charge in [0.05, 0.1) is 0 Å². The van der Waals surface area contributed by atoms with E-state index in [0.717, 1.165) is 6.42 Å². The molecule has 6 heteroatoms. The van der Waals surface area contributed by atoms with Gasteiger partial charge >= 0.3 is 103 Å². The van der Waals surface area contributed by atoms with Gasteiger partial charge in [0.2, 0.25) is 0 Å². The van der Waals surface area contributed by atoms with Gasteiger partial charge in [-0.05, 0) is 0 Å². The minimum atomic E-state index is -1.31. The summed E-state index contributed by atoms with van der Waals surface area (Å²) in [5.74, 6) is 0. The third kappa shape index (κ3) is 4.81. The summed E-state index contributed by atoms with van der Waals surface area (Å²) in [4.78, 5) is 0. The van der Waals surface area contributed by atoms with Crippen LogP contribution in [0, 0.1) is 0 Å². The van der Waals surface area contributed by atoms with Crippen molar-refractivity contribution >= 4 is 41.0 Å². The molecule has 0 saturated carbocycles. The summed E-state index contributed by atoms with van der Waals surface area (Å²) >= 11 is -0.803. The molecular formula is C11H23Cl2OSi2V. The third-order valence-electron chi connectivity index (χ3n) is 2.73. The fraction of sp³-hybridized carbons (Fsp3) is 0.636. The van der Waals surface area contributed by atoms with Gasteiger partial charge in [-0.3, -0.25) is 0 Å². The average molecular weight is 349 g/mol. The molecule has 0 aliphatic heterocycles. The van der Waals surface area contributed by atoms with Crippen LogP contribution in [0.4, 0.5) is 0 Å². The fourth-order valence-electron chi connectivity index (χ4n) is 2.16. The van der Waals surface area contributed by atoms with E-state index in [2.05, 4.69) is 45.4 Å². The second kappa shape index (κ2) is 6.88. The Balaban J connectivity index is 0. The van der Waals surface area contributed by atoms with Crippen LogP contribution >= 0.6 is 24.8 Å². The molecule has 0 bridgehead atoms. The maximum absolute atomic E-state index is 11.3. The summed E-state index contributed by atoms with van der Waals surface area (Å²) in [7, 11) is -2.55. The zero-order valence-corrected chi connectivity index (χ0v) is 16.5. The van der Waals surface area contributed by atoms with Crippen LogP contribution in [0.3, 0.4) is 0 Å². The fourth-order valence-corrected chi connectivity index (χ4v) is 10.4. The molecule has 0 aromatic heterocycles. The second-order valence-corrected chi connectivity index (χ2v) is 17.4. The van der Waals surface area contributed by atoms with Gasteiger partial charge < -0.3 is 0 Å². The SMILES string of the molecule is C[Si](C)(C)C1=CC[C]([V]=[O])=C1[Si](C)(C)C.Cl.Cl. The summed E-state index contributed by atoms with van der Waals surface area (Å²) < 4.78 is 12.6. The molecule has 0 radical (unpaired) electrons. The molecule has 0 spiro atoms. The average Bonchev–Trinajstić information content (AvgIpc) is 2.44. The second-order valence-electron chi connectivity index (χ2n) is 6.23. The molecule has 0 aromatic rings.